The third-order valence-electron chi connectivity index (χ3n) is 3.40. The molecule has 2 heterocycles. The number of nitrogens with zero attached hydrogens (tertiary/aromatic N) is 1. The molecule has 0 spiro atoms. The molecule has 116 valence electrons. The first-order valence-corrected chi connectivity index (χ1v) is 7.25. The van der Waals surface area contributed by atoms with Crippen LogP contribution in [-0.2, 0) is 0 Å². The summed E-state index contributed by atoms with van der Waals surface area (Å²) in [6.45, 7) is 0. The van der Waals surface area contributed by atoms with E-state index in [2.05, 4.69) is 9.97 Å². The number of benzene rings is 2. The van der Waals surface area contributed by atoms with Gasteiger partial charge in [0, 0.05) is 10.4 Å². The second-order valence-electron chi connectivity index (χ2n) is 4.86. The second-order valence-corrected chi connectivity index (χ2v) is 5.70. The fourth-order valence-corrected chi connectivity index (χ4v) is 2.95. The fourth-order valence-electron chi connectivity index (χ4n) is 2.40. The van der Waals surface area contributed by atoms with Crippen LogP contribution in [0.15, 0.2) is 51.7 Å². The summed E-state index contributed by atoms with van der Waals surface area (Å²) in [5.74, 6) is 0.452. The van der Waals surface area contributed by atoms with Crippen molar-refractivity contribution < 1.29 is 9.89 Å². The van der Waals surface area contributed by atoms with Gasteiger partial charge in [-0.1, -0.05) is 35.3 Å². The van der Waals surface area contributed by atoms with Gasteiger partial charge in [-0.25, -0.2) is 9.78 Å². The Morgan fingerprint density at radius 3 is 2.65 bits per heavy atom. The van der Waals surface area contributed by atoms with E-state index in [9.17, 15) is 4.79 Å². The summed E-state index contributed by atoms with van der Waals surface area (Å²) >= 11 is 12.1. The lowest BCUT2D eigenvalue weighted by Gasteiger charge is -2.02. The molecule has 0 saturated heterocycles. The van der Waals surface area contributed by atoms with Crippen LogP contribution in [0.1, 0.15) is 0 Å². The number of aromatic nitrogens is 2. The number of hydrogen-bond acceptors (Lipinski definition) is 3. The van der Waals surface area contributed by atoms with Gasteiger partial charge in [0.15, 0.2) is 5.58 Å². The number of hydrogen-bond donors (Lipinski definition) is 1. The normalized spacial score (nSPS) is 10.9. The number of aromatic amines is 1. The van der Waals surface area contributed by atoms with Crippen molar-refractivity contribution >= 4 is 45.2 Å². The molecule has 2 aromatic carbocycles. The highest BCUT2D eigenvalue weighted by molar-refractivity contribution is 6.38. The van der Waals surface area contributed by atoms with Crippen LogP contribution in [0.2, 0.25) is 10.0 Å². The van der Waals surface area contributed by atoms with Crippen LogP contribution in [-0.4, -0.2) is 15.4 Å². The van der Waals surface area contributed by atoms with Gasteiger partial charge in [0.05, 0.1) is 16.1 Å². The summed E-state index contributed by atoms with van der Waals surface area (Å²) in [6, 6.07) is 12.4. The van der Waals surface area contributed by atoms with Crippen molar-refractivity contribution in [1.82, 2.24) is 9.97 Å². The van der Waals surface area contributed by atoms with Crippen LogP contribution in [0, 0.1) is 0 Å². The first-order valence-electron chi connectivity index (χ1n) is 6.50. The van der Waals surface area contributed by atoms with Crippen LogP contribution in [0.5, 0.6) is 0 Å². The summed E-state index contributed by atoms with van der Waals surface area (Å²) < 4.78 is 5.32. The number of imidazole rings is 1. The predicted molar refractivity (Wildman–Crippen MR) is 91.2 cm³/mol. The molecule has 0 radical (unpaired) electrons. The number of para-hydroxylation sites is 2. The molecule has 4 rings (SSSR count). The lowest BCUT2D eigenvalue weighted by molar-refractivity contribution is 0.563. The largest absolute Gasteiger partial charge is 0.421 e. The number of H-pyrrole nitrogens is 1. The molecule has 3 N–H and O–H groups in total. The molecule has 0 fully saturated rings. The average Bonchev–Trinajstić information content (AvgIpc) is 2.91. The Bertz CT molecular complexity index is 1050. The predicted octanol–water partition coefficient (Wildman–Crippen LogP) is 3.82. The molecule has 0 aliphatic heterocycles. The zero-order valence-corrected chi connectivity index (χ0v) is 13.1. The monoisotopic (exact) mass is 348 g/mol. The second kappa shape index (κ2) is 5.70. The van der Waals surface area contributed by atoms with Gasteiger partial charge >= 0.3 is 5.63 Å². The third-order valence-corrected chi connectivity index (χ3v) is 3.90. The van der Waals surface area contributed by atoms with Crippen molar-refractivity contribution in [2.75, 3.05) is 0 Å². The molecule has 0 aliphatic carbocycles. The number of nitrogens with one attached hydrogen (secondary N) is 1. The molecular formula is C16H10Cl2N2O3. The Hall–Kier alpha value is -2.34. The van der Waals surface area contributed by atoms with E-state index in [1.54, 1.807) is 12.1 Å². The van der Waals surface area contributed by atoms with Gasteiger partial charge in [0.1, 0.15) is 11.4 Å². The Morgan fingerprint density at radius 2 is 1.87 bits per heavy atom. The SMILES string of the molecule is O.O=c1oc2c(Cl)cc(Cl)cc2cc1-c1nc2ccccc2[nH]1. The summed E-state index contributed by atoms with van der Waals surface area (Å²) in [5, 5.41) is 1.42. The Labute approximate surface area is 139 Å². The van der Waals surface area contributed by atoms with Crippen LogP contribution < -0.4 is 5.63 Å². The molecule has 0 aliphatic rings. The fraction of sp³-hybridized carbons (Fsp3) is 0. The summed E-state index contributed by atoms with van der Waals surface area (Å²) in [6.07, 6.45) is 0. The molecule has 0 unspecified atom stereocenters. The van der Waals surface area contributed by atoms with Crippen molar-refractivity contribution in [3.8, 4) is 11.4 Å². The average molecular weight is 349 g/mol. The van der Waals surface area contributed by atoms with E-state index in [4.69, 9.17) is 27.6 Å². The molecule has 0 bridgehead atoms. The zero-order valence-electron chi connectivity index (χ0n) is 11.6. The van der Waals surface area contributed by atoms with Crippen LogP contribution in [0.4, 0.5) is 0 Å². The van der Waals surface area contributed by atoms with Gasteiger partial charge in [0.25, 0.3) is 0 Å². The van der Waals surface area contributed by atoms with E-state index in [0.29, 0.717) is 32.4 Å². The van der Waals surface area contributed by atoms with Gasteiger partial charge in [-0.15, -0.1) is 0 Å². The highest BCUT2D eigenvalue weighted by Crippen LogP contribution is 2.29. The van der Waals surface area contributed by atoms with E-state index >= 15 is 0 Å². The highest BCUT2D eigenvalue weighted by Gasteiger charge is 2.14. The van der Waals surface area contributed by atoms with Gasteiger partial charge in [-0.3, -0.25) is 0 Å². The quantitative estimate of drug-likeness (QED) is 0.530. The summed E-state index contributed by atoms with van der Waals surface area (Å²) in [7, 11) is 0. The van der Waals surface area contributed by atoms with Crippen molar-refractivity contribution in [3.63, 3.8) is 0 Å². The minimum Gasteiger partial charge on any atom is -0.421 e. The maximum atomic E-state index is 12.2. The molecule has 7 heteroatoms. The van der Waals surface area contributed by atoms with Gasteiger partial charge in [-0.2, -0.15) is 0 Å². The van der Waals surface area contributed by atoms with Crippen LogP contribution in [0.25, 0.3) is 33.4 Å². The van der Waals surface area contributed by atoms with Crippen molar-refractivity contribution in [2.24, 2.45) is 0 Å². The van der Waals surface area contributed by atoms with E-state index in [1.807, 2.05) is 24.3 Å². The molecule has 4 aromatic rings. The van der Waals surface area contributed by atoms with E-state index in [1.165, 1.54) is 6.07 Å². The summed E-state index contributed by atoms with van der Waals surface area (Å²) in [4.78, 5) is 19.8. The van der Waals surface area contributed by atoms with Crippen molar-refractivity contribution in [2.45, 2.75) is 0 Å². The third kappa shape index (κ3) is 2.59. The lowest BCUT2D eigenvalue weighted by atomic mass is 10.2. The maximum Gasteiger partial charge on any atom is 0.347 e. The van der Waals surface area contributed by atoms with Crippen molar-refractivity contribution in [3.05, 3.63) is 62.9 Å². The Balaban J connectivity index is 0.00000156. The number of fused-ring (bicyclic) bond motifs is 2. The molecule has 2 aromatic heterocycles. The molecule has 5 nitrogen and oxygen atoms in total. The van der Waals surface area contributed by atoms with Gasteiger partial charge < -0.3 is 14.9 Å². The van der Waals surface area contributed by atoms with Crippen LogP contribution >= 0.6 is 23.2 Å². The molecular weight excluding hydrogens is 339 g/mol. The Kier molecular flexibility index (Phi) is 3.85. The Morgan fingerprint density at radius 1 is 1.09 bits per heavy atom. The lowest BCUT2D eigenvalue weighted by Crippen LogP contribution is -2.03. The topological polar surface area (TPSA) is 90.4 Å². The molecule has 0 amide bonds. The zero-order chi connectivity index (χ0) is 15.3. The molecule has 23 heavy (non-hydrogen) atoms. The van der Waals surface area contributed by atoms with Crippen LogP contribution in [0.3, 0.4) is 0 Å². The first kappa shape index (κ1) is 15.6. The first-order chi connectivity index (χ1) is 10.6. The van der Waals surface area contributed by atoms with E-state index in [0.717, 1.165) is 11.0 Å². The van der Waals surface area contributed by atoms with E-state index in [-0.39, 0.29) is 5.48 Å². The van der Waals surface area contributed by atoms with Gasteiger partial charge in [0.2, 0.25) is 0 Å². The smallest absolute Gasteiger partial charge is 0.347 e. The molecule has 0 saturated carbocycles. The highest BCUT2D eigenvalue weighted by atomic mass is 35.5. The number of halogens is 2. The minimum atomic E-state index is -0.504. The van der Waals surface area contributed by atoms with E-state index < -0.39 is 5.63 Å². The van der Waals surface area contributed by atoms with Gasteiger partial charge in [-0.05, 0) is 30.3 Å². The molecule has 0 atom stereocenters. The van der Waals surface area contributed by atoms with Crippen molar-refractivity contribution in [1.29, 1.82) is 0 Å². The summed E-state index contributed by atoms with van der Waals surface area (Å²) in [5.41, 5.74) is 1.77. The number of rotatable bonds is 1. The standard InChI is InChI=1S/C16H8Cl2N2O2.H2O/c17-9-5-8-6-10(16(21)22-14(8)11(18)7-9)15-19-12-3-1-2-4-13(12)20-15;/h1-7H,(H,19,20);1H2. The maximum absolute atomic E-state index is 12.2. The minimum absolute atomic E-state index is 0.